The van der Waals surface area contributed by atoms with Crippen LogP contribution in [-0.2, 0) is 6.42 Å². The molecule has 0 aliphatic heterocycles. The molecule has 0 saturated heterocycles. The van der Waals surface area contributed by atoms with Gasteiger partial charge in [0, 0.05) is 18.6 Å². The van der Waals surface area contributed by atoms with Gasteiger partial charge in [-0.2, -0.15) is 8.78 Å². The number of amides is 1. The Morgan fingerprint density at radius 2 is 2.04 bits per heavy atom. The van der Waals surface area contributed by atoms with Crippen molar-refractivity contribution < 1.29 is 37.4 Å². The molecule has 1 amide bonds. The molecule has 0 aliphatic rings. The number of ether oxygens (including phenoxy) is 2. The highest BCUT2D eigenvalue weighted by Crippen LogP contribution is 2.31. The minimum absolute atomic E-state index is 0.0732. The number of benzene rings is 1. The Bertz CT molecular complexity index is 787. The van der Waals surface area contributed by atoms with Crippen molar-refractivity contribution in [2.45, 2.75) is 20.0 Å². The van der Waals surface area contributed by atoms with Crippen LogP contribution in [0.15, 0.2) is 28.7 Å². The van der Waals surface area contributed by atoms with Gasteiger partial charge >= 0.3 is 12.6 Å². The number of aromatic carboxylic acids is 1. The van der Waals surface area contributed by atoms with E-state index in [1.165, 1.54) is 25.3 Å². The third-order valence-corrected chi connectivity index (χ3v) is 3.24. The first kappa shape index (κ1) is 18.2. The second-order valence-corrected chi connectivity index (χ2v) is 4.80. The van der Waals surface area contributed by atoms with E-state index in [0.29, 0.717) is 5.75 Å². The Morgan fingerprint density at radius 3 is 2.56 bits per heavy atom. The molecule has 0 atom stereocenters. The smallest absolute Gasteiger partial charge is 0.387 e. The van der Waals surface area contributed by atoms with Gasteiger partial charge in [0.05, 0.1) is 12.8 Å². The number of carboxylic acids is 1. The number of carboxylic acid groups (broad SMARTS) is 1. The summed E-state index contributed by atoms with van der Waals surface area (Å²) in [5.41, 5.74) is -0.210. The zero-order valence-corrected chi connectivity index (χ0v) is 13.3. The van der Waals surface area contributed by atoms with E-state index in [4.69, 9.17) is 14.3 Å². The van der Waals surface area contributed by atoms with E-state index in [1.54, 1.807) is 6.92 Å². The molecular weight excluding hydrogens is 340 g/mol. The maximum absolute atomic E-state index is 12.5. The van der Waals surface area contributed by atoms with E-state index in [2.05, 4.69) is 10.1 Å². The van der Waals surface area contributed by atoms with Crippen molar-refractivity contribution in [3.05, 3.63) is 41.3 Å². The predicted molar refractivity (Wildman–Crippen MR) is 82.6 cm³/mol. The van der Waals surface area contributed by atoms with Gasteiger partial charge in [0.2, 0.25) is 0 Å². The highest BCUT2D eigenvalue weighted by molar-refractivity contribution is 6.04. The molecule has 134 valence electrons. The third-order valence-electron chi connectivity index (χ3n) is 3.24. The molecule has 0 saturated carbocycles. The normalized spacial score (nSPS) is 10.6. The number of halogens is 2. The van der Waals surface area contributed by atoms with Gasteiger partial charge in [0.25, 0.3) is 5.91 Å². The number of methoxy groups -OCH3 is 1. The first-order chi connectivity index (χ1) is 11.8. The number of anilines is 1. The molecule has 2 aromatic rings. The zero-order valence-electron chi connectivity index (χ0n) is 13.3. The minimum Gasteiger partial charge on any atom is -0.497 e. The summed E-state index contributed by atoms with van der Waals surface area (Å²) in [5, 5.41) is 11.4. The van der Waals surface area contributed by atoms with Crippen LogP contribution >= 0.6 is 0 Å². The molecule has 0 spiro atoms. The second kappa shape index (κ2) is 7.65. The maximum atomic E-state index is 12.5. The Kier molecular flexibility index (Phi) is 5.58. The SMILES string of the molecule is CCc1oc(C(=O)Nc2cc(OC)ccc2OC(F)F)cc1C(=O)O. The van der Waals surface area contributed by atoms with E-state index in [0.717, 1.165) is 6.07 Å². The fourth-order valence-corrected chi connectivity index (χ4v) is 2.10. The van der Waals surface area contributed by atoms with E-state index < -0.39 is 18.5 Å². The summed E-state index contributed by atoms with van der Waals surface area (Å²) in [6.07, 6.45) is 0.272. The fraction of sp³-hybridized carbons (Fsp3) is 0.250. The highest BCUT2D eigenvalue weighted by atomic mass is 19.3. The monoisotopic (exact) mass is 355 g/mol. The lowest BCUT2D eigenvalue weighted by atomic mass is 10.2. The average molecular weight is 355 g/mol. The Balaban J connectivity index is 2.32. The van der Waals surface area contributed by atoms with E-state index in [9.17, 15) is 18.4 Å². The largest absolute Gasteiger partial charge is 0.497 e. The van der Waals surface area contributed by atoms with Crippen molar-refractivity contribution in [3.63, 3.8) is 0 Å². The van der Waals surface area contributed by atoms with Crippen molar-refractivity contribution >= 4 is 17.6 Å². The lowest BCUT2D eigenvalue weighted by Gasteiger charge is -2.12. The molecule has 0 aliphatic carbocycles. The number of hydrogen-bond donors (Lipinski definition) is 2. The summed E-state index contributed by atoms with van der Waals surface area (Å²) >= 11 is 0. The number of aryl methyl sites for hydroxylation is 1. The lowest BCUT2D eigenvalue weighted by molar-refractivity contribution is -0.0494. The first-order valence-electron chi connectivity index (χ1n) is 7.15. The van der Waals surface area contributed by atoms with Crippen LogP contribution in [0.4, 0.5) is 14.5 Å². The van der Waals surface area contributed by atoms with Crippen LogP contribution in [0.1, 0.15) is 33.6 Å². The van der Waals surface area contributed by atoms with Gasteiger partial charge in [-0.25, -0.2) is 4.79 Å². The van der Waals surface area contributed by atoms with Crippen molar-refractivity contribution in [2.75, 3.05) is 12.4 Å². The van der Waals surface area contributed by atoms with Gasteiger partial charge < -0.3 is 24.3 Å². The molecular formula is C16H15F2NO6. The molecule has 0 unspecified atom stereocenters. The van der Waals surface area contributed by atoms with Gasteiger partial charge in [-0.3, -0.25) is 4.79 Å². The summed E-state index contributed by atoms with van der Waals surface area (Å²) in [5.74, 6) is -2.15. The number of carbonyl (C=O) groups is 2. The minimum atomic E-state index is -3.09. The molecule has 2 N–H and O–H groups in total. The summed E-state index contributed by atoms with van der Waals surface area (Å²) in [7, 11) is 1.37. The number of alkyl halides is 2. The van der Waals surface area contributed by atoms with Gasteiger partial charge in [-0.1, -0.05) is 6.92 Å². The predicted octanol–water partition coefficient (Wildman–Crippen LogP) is 3.40. The van der Waals surface area contributed by atoms with Gasteiger partial charge in [0.1, 0.15) is 22.8 Å². The number of rotatable bonds is 7. The molecule has 25 heavy (non-hydrogen) atoms. The highest BCUT2D eigenvalue weighted by Gasteiger charge is 2.21. The Labute approximate surface area is 141 Å². The average Bonchev–Trinajstić information content (AvgIpc) is 3.00. The maximum Gasteiger partial charge on any atom is 0.387 e. The molecule has 0 bridgehead atoms. The van der Waals surface area contributed by atoms with Gasteiger partial charge in [0.15, 0.2) is 5.76 Å². The van der Waals surface area contributed by atoms with Crippen LogP contribution in [0.3, 0.4) is 0 Å². The van der Waals surface area contributed by atoms with E-state index in [-0.39, 0.29) is 34.9 Å². The van der Waals surface area contributed by atoms with E-state index >= 15 is 0 Å². The number of hydrogen-bond acceptors (Lipinski definition) is 5. The number of nitrogens with one attached hydrogen (secondary N) is 1. The number of furan rings is 1. The van der Waals surface area contributed by atoms with Crippen LogP contribution in [0.2, 0.25) is 0 Å². The molecule has 2 rings (SSSR count). The van der Waals surface area contributed by atoms with Crippen molar-refractivity contribution in [2.24, 2.45) is 0 Å². The molecule has 9 heteroatoms. The van der Waals surface area contributed by atoms with E-state index in [1.807, 2.05) is 0 Å². The van der Waals surface area contributed by atoms with Crippen LogP contribution < -0.4 is 14.8 Å². The Hall–Kier alpha value is -3.10. The van der Waals surface area contributed by atoms with Crippen molar-refractivity contribution in [3.8, 4) is 11.5 Å². The lowest BCUT2D eigenvalue weighted by Crippen LogP contribution is -2.13. The summed E-state index contributed by atoms with van der Waals surface area (Å²) in [6.45, 7) is -1.41. The Morgan fingerprint density at radius 1 is 1.32 bits per heavy atom. The first-order valence-corrected chi connectivity index (χ1v) is 7.15. The third kappa shape index (κ3) is 4.25. The van der Waals surface area contributed by atoms with Crippen LogP contribution in [0.25, 0.3) is 0 Å². The topological polar surface area (TPSA) is 98.0 Å². The van der Waals surface area contributed by atoms with Crippen molar-refractivity contribution in [1.82, 2.24) is 0 Å². The molecule has 1 aromatic carbocycles. The quantitative estimate of drug-likeness (QED) is 0.790. The van der Waals surface area contributed by atoms with Crippen LogP contribution in [0.5, 0.6) is 11.5 Å². The molecule has 0 fully saturated rings. The molecule has 7 nitrogen and oxygen atoms in total. The molecule has 1 aromatic heterocycles. The molecule has 0 radical (unpaired) electrons. The standard InChI is InChI=1S/C16H15F2NO6/c1-3-11-9(15(21)22)7-13(24-11)14(20)19-10-6-8(23-2)4-5-12(10)25-16(17)18/h4-7,16H,3H2,1-2H3,(H,19,20)(H,21,22). The van der Waals surface area contributed by atoms with Gasteiger partial charge in [-0.15, -0.1) is 0 Å². The van der Waals surface area contributed by atoms with Gasteiger partial charge in [-0.05, 0) is 12.1 Å². The van der Waals surface area contributed by atoms with Crippen LogP contribution in [-0.4, -0.2) is 30.7 Å². The van der Waals surface area contributed by atoms with Crippen molar-refractivity contribution in [1.29, 1.82) is 0 Å². The summed E-state index contributed by atoms with van der Waals surface area (Å²) in [4.78, 5) is 23.4. The second-order valence-electron chi connectivity index (χ2n) is 4.80. The van der Waals surface area contributed by atoms with Crippen LogP contribution in [0, 0.1) is 0 Å². The summed E-state index contributed by atoms with van der Waals surface area (Å²) in [6, 6.07) is 4.96. The fourth-order valence-electron chi connectivity index (χ4n) is 2.10. The molecule has 1 heterocycles. The summed E-state index contributed by atoms with van der Waals surface area (Å²) < 4.78 is 39.5. The zero-order chi connectivity index (χ0) is 18.6. The number of carbonyl (C=O) groups excluding carboxylic acids is 1.